The summed E-state index contributed by atoms with van der Waals surface area (Å²) in [5.74, 6) is -3.32. The third-order valence-electron chi connectivity index (χ3n) is 6.70. The molecule has 0 bridgehead atoms. The minimum absolute atomic E-state index is 0.0591. The summed E-state index contributed by atoms with van der Waals surface area (Å²) in [4.78, 5) is 29.8. The average Bonchev–Trinajstić information content (AvgIpc) is 3.68. The molecule has 1 amide bonds. The maximum Gasteiger partial charge on any atom is 0.416 e. The standard InChI is InChI=1S/C28H23F7N2O2/c1-2-3-4-23(38)18-12-17(13-21(30)24(18)15-5-8-22(25(31)32)36-14-15)37-26(39)27(9-10-27)19-7-6-16(11-20(19)29)28(33,34)35/h5-8,11-14,25H,2-4,9-10H2,1H3,(H,37,39). The van der Waals surface area contributed by atoms with E-state index in [1.165, 1.54) is 12.1 Å². The van der Waals surface area contributed by atoms with Gasteiger partial charge in [-0.15, -0.1) is 0 Å². The fourth-order valence-electron chi connectivity index (χ4n) is 4.42. The van der Waals surface area contributed by atoms with Crippen LogP contribution < -0.4 is 5.32 Å². The molecule has 0 atom stereocenters. The van der Waals surface area contributed by atoms with Crippen molar-refractivity contribution in [2.24, 2.45) is 0 Å². The second-order valence-electron chi connectivity index (χ2n) is 9.41. The van der Waals surface area contributed by atoms with Crippen molar-refractivity contribution < 1.29 is 40.3 Å². The minimum atomic E-state index is -4.76. The summed E-state index contributed by atoms with van der Waals surface area (Å²) in [6.07, 6.45) is -5.02. The van der Waals surface area contributed by atoms with Gasteiger partial charge >= 0.3 is 6.18 Å². The van der Waals surface area contributed by atoms with E-state index in [4.69, 9.17) is 0 Å². The van der Waals surface area contributed by atoms with Crippen LogP contribution >= 0.6 is 0 Å². The first kappa shape index (κ1) is 28.3. The van der Waals surface area contributed by atoms with Crippen molar-refractivity contribution in [3.63, 3.8) is 0 Å². The fraction of sp³-hybridized carbons (Fsp3) is 0.321. The molecule has 0 radical (unpaired) electrons. The molecule has 2 aromatic carbocycles. The average molecular weight is 552 g/mol. The second kappa shape index (κ2) is 10.8. The molecule has 206 valence electrons. The molecule has 4 rings (SSSR count). The number of anilines is 1. The van der Waals surface area contributed by atoms with Crippen LogP contribution in [0.25, 0.3) is 11.1 Å². The van der Waals surface area contributed by atoms with Crippen molar-refractivity contribution >= 4 is 17.4 Å². The molecule has 1 aliphatic carbocycles. The molecule has 1 heterocycles. The number of ketones is 1. The van der Waals surface area contributed by atoms with Gasteiger partial charge in [-0.25, -0.2) is 17.6 Å². The Labute approximate surface area is 219 Å². The lowest BCUT2D eigenvalue weighted by Gasteiger charge is -2.19. The molecular weight excluding hydrogens is 529 g/mol. The zero-order valence-corrected chi connectivity index (χ0v) is 20.6. The lowest BCUT2D eigenvalue weighted by atomic mass is 9.92. The molecule has 11 heteroatoms. The Morgan fingerprint density at radius 2 is 1.74 bits per heavy atom. The molecule has 3 aromatic rings. The van der Waals surface area contributed by atoms with Gasteiger partial charge in [0.05, 0.1) is 11.0 Å². The number of hydrogen-bond donors (Lipinski definition) is 1. The second-order valence-corrected chi connectivity index (χ2v) is 9.41. The fourth-order valence-corrected chi connectivity index (χ4v) is 4.42. The van der Waals surface area contributed by atoms with E-state index in [1.807, 2.05) is 6.92 Å². The van der Waals surface area contributed by atoms with Crippen LogP contribution in [-0.2, 0) is 16.4 Å². The molecule has 1 saturated carbocycles. The number of nitrogens with zero attached hydrogens (tertiary/aromatic N) is 1. The Kier molecular flexibility index (Phi) is 7.81. The Morgan fingerprint density at radius 3 is 2.28 bits per heavy atom. The van der Waals surface area contributed by atoms with Gasteiger partial charge in [0.15, 0.2) is 5.78 Å². The molecule has 1 N–H and O–H groups in total. The SMILES string of the molecule is CCCCC(=O)c1cc(NC(=O)C2(c3ccc(C(F)(F)F)cc3F)CC2)cc(F)c1-c1ccc(C(F)F)nc1. The predicted molar refractivity (Wildman–Crippen MR) is 129 cm³/mol. The Morgan fingerprint density at radius 1 is 1.03 bits per heavy atom. The number of nitrogens with one attached hydrogen (secondary N) is 1. The topological polar surface area (TPSA) is 59.1 Å². The van der Waals surface area contributed by atoms with E-state index in [1.54, 1.807) is 0 Å². The van der Waals surface area contributed by atoms with Gasteiger partial charge in [-0.2, -0.15) is 13.2 Å². The number of unbranched alkanes of at least 4 members (excludes halogenated alkanes) is 1. The van der Waals surface area contributed by atoms with Crippen molar-refractivity contribution in [2.45, 2.75) is 57.0 Å². The summed E-state index contributed by atoms with van der Waals surface area (Å²) in [6, 6.07) is 6.36. The summed E-state index contributed by atoms with van der Waals surface area (Å²) >= 11 is 0. The monoisotopic (exact) mass is 552 g/mol. The predicted octanol–water partition coefficient (Wildman–Crippen LogP) is 8.03. The first-order chi connectivity index (χ1) is 18.4. The molecule has 4 nitrogen and oxygen atoms in total. The lowest BCUT2D eigenvalue weighted by molar-refractivity contribution is -0.137. The summed E-state index contributed by atoms with van der Waals surface area (Å²) in [5.41, 5.74) is -3.67. The smallest absolute Gasteiger partial charge is 0.325 e. The molecule has 0 spiro atoms. The van der Waals surface area contributed by atoms with E-state index in [-0.39, 0.29) is 47.2 Å². The third kappa shape index (κ3) is 5.81. The van der Waals surface area contributed by atoms with Crippen LogP contribution in [0.5, 0.6) is 0 Å². The van der Waals surface area contributed by atoms with Crippen LogP contribution in [0.15, 0.2) is 48.7 Å². The normalized spacial score (nSPS) is 14.4. The van der Waals surface area contributed by atoms with Crippen molar-refractivity contribution in [3.05, 3.63) is 82.7 Å². The maximum atomic E-state index is 15.4. The number of rotatable bonds is 9. The summed E-state index contributed by atoms with van der Waals surface area (Å²) < 4.78 is 94.7. The molecule has 0 unspecified atom stereocenters. The van der Waals surface area contributed by atoms with Gasteiger partial charge in [0.1, 0.15) is 17.3 Å². The number of alkyl halides is 5. The number of benzene rings is 2. The van der Waals surface area contributed by atoms with E-state index in [9.17, 15) is 35.9 Å². The van der Waals surface area contributed by atoms with E-state index in [0.29, 0.717) is 25.0 Å². The first-order valence-electron chi connectivity index (χ1n) is 12.2. The van der Waals surface area contributed by atoms with Crippen LogP contribution in [0.2, 0.25) is 0 Å². The molecule has 0 saturated heterocycles. The van der Waals surface area contributed by atoms with Crippen LogP contribution in [0.3, 0.4) is 0 Å². The summed E-state index contributed by atoms with van der Waals surface area (Å²) in [6.45, 7) is 1.86. The van der Waals surface area contributed by atoms with Crippen LogP contribution in [-0.4, -0.2) is 16.7 Å². The molecule has 1 fully saturated rings. The molecular formula is C28H23F7N2O2. The Balaban J connectivity index is 1.68. The number of pyridine rings is 1. The van der Waals surface area contributed by atoms with Gasteiger partial charge in [-0.05, 0) is 49.6 Å². The molecule has 1 aromatic heterocycles. The molecule has 1 aliphatic rings. The van der Waals surface area contributed by atoms with Crippen LogP contribution in [0, 0.1) is 11.6 Å². The van der Waals surface area contributed by atoms with E-state index >= 15 is 4.39 Å². The van der Waals surface area contributed by atoms with E-state index < -0.39 is 52.6 Å². The maximum absolute atomic E-state index is 15.4. The zero-order chi connectivity index (χ0) is 28.5. The Hall–Kier alpha value is -3.76. The number of carbonyl (C=O) groups is 2. The third-order valence-corrected chi connectivity index (χ3v) is 6.70. The van der Waals surface area contributed by atoms with Gasteiger partial charge < -0.3 is 5.32 Å². The van der Waals surface area contributed by atoms with Gasteiger partial charge in [-0.1, -0.05) is 25.5 Å². The molecule has 39 heavy (non-hydrogen) atoms. The zero-order valence-electron chi connectivity index (χ0n) is 20.6. The number of aromatic nitrogens is 1. The highest BCUT2D eigenvalue weighted by atomic mass is 19.4. The number of halogens is 7. The van der Waals surface area contributed by atoms with Crippen molar-refractivity contribution in [3.8, 4) is 11.1 Å². The van der Waals surface area contributed by atoms with Gasteiger partial charge in [0.2, 0.25) is 5.91 Å². The Bertz CT molecular complexity index is 1400. The number of hydrogen-bond acceptors (Lipinski definition) is 3. The first-order valence-corrected chi connectivity index (χ1v) is 12.2. The van der Waals surface area contributed by atoms with Crippen molar-refractivity contribution in [1.29, 1.82) is 0 Å². The van der Waals surface area contributed by atoms with E-state index in [2.05, 4.69) is 10.3 Å². The largest absolute Gasteiger partial charge is 0.416 e. The quantitative estimate of drug-likeness (QED) is 0.216. The van der Waals surface area contributed by atoms with Gasteiger partial charge in [-0.3, -0.25) is 14.6 Å². The summed E-state index contributed by atoms with van der Waals surface area (Å²) in [5, 5.41) is 2.48. The van der Waals surface area contributed by atoms with Crippen LogP contribution in [0.4, 0.5) is 36.4 Å². The van der Waals surface area contributed by atoms with Crippen molar-refractivity contribution in [2.75, 3.05) is 5.32 Å². The number of carbonyl (C=O) groups excluding carboxylic acids is 2. The van der Waals surface area contributed by atoms with Gasteiger partial charge in [0, 0.05) is 40.6 Å². The van der Waals surface area contributed by atoms with Crippen molar-refractivity contribution in [1.82, 2.24) is 4.98 Å². The highest BCUT2D eigenvalue weighted by Crippen LogP contribution is 2.50. The highest BCUT2D eigenvalue weighted by molar-refractivity contribution is 6.06. The van der Waals surface area contributed by atoms with Gasteiger partial charge in [0.25, 0.3) is 6.43 Å². The number of Topliss-reactive ketones (excluding diaryl/α,β-unsaturated/α-hetero) is 1. The number of amides is 1. The lowest BCUT2D eigenvalue weighted by Crippen LogP contribution is -2.29. The minimum Gasteiger partial charge on any atom is -0.325 e. The van der Waals surface area contributed by atoms with Crippen LogP contribution in [0.1, 0.15) is 72.6 Å². The summed E-state index contributed by atoms with van der Waals surface area (Å²) in [7, 11) is 0. The molecule has 0 aliphatic heterocycles. The van der Waals surface area contributed by atoms with E-state index in [0.717, 1.165) is 24.4 Å². The highest BCUT2D eigenvalue weighted by Gasteiger charge is 2.53.